The number of halogens is 1. The molecule has 0 fully saturated rings. The van der Waals surface area contributed by atoms with E-state index in [0.717, 1.165) is 16.9 Å². The molecule has 0 spiro atoms. The van der Waals surface area contributed by atoms with Crippen molar-refractivity contribution >= 4 is 5.69 Å². The van der Waals surface area contributed by atoms with Gasteiger partial charge in [-0.1, -0.05) is 30.3 Å². The fraction of sp³-hybridized carbons (Fsp3) is 0.0625. The van der Waals surface area contributed by atoms with Crippen LogP contribution in [0.1, 0.15) is 5.69 Å². The van der Waals surface area contributed by atoms with E-state index in [-0.39, 0.29) is 0 Å². The van der Waals surface area contributed by atoms with E-state index in [1.54, 1.807) is 22.9 Å². The highest BCUT2D eigenvalue weighted by molar-refractivity contribution is 5.63. The third kappa shape index (κ3) is 2.28. The van der Waals surface area contributed by atoms with Gasteiger partial charge in [0, 0.05) is 11.3 Å². The summed E-state index contributed by atoms with van der Waals surface area (Å²) in [6, 6.07) is 18.9. The Morgan fingerprint density at radius 3 is 2.35 bits per heavy atom. The van der Waals surface area contributed by atoms with E-state index in [1.165, 1.54) is 0 Å². The molecule has 0 unspecified atom stereocenters. The first kappa shape index (κ1) is 12.4. The van der Waals surface area contributed by atoms with E-state index in [9.17, 15) is 4.39 Å². The molecule has 0 amide bonds. The van der Waals surface area contributed by atoms with Gasteiger partial charge in [0.2, 0.25) is 0 Å². The maximum atomic E-state index is 12.9. The highest BCUT2D eigenvalue weighted by atomic mass is 19.1. The highest BCUT2D eigenvalue weighted by Gasteiger charge is 2.11. The molecule has 0 saturated heterocycles. The number of aromatic nitrogens is 2. The number of hydrogen-bond donors (Lipinski definition) is 1. The number of rotatable bonds is 3. The zero-order chi connectivity index (χ0) is 13.9. The minimum Gasteiger partial charge on any atom is -0.399 e. The molecule has 3 aromatic rings. The molecular formula is C16H14FN3. The largest absolute Gasteiger partial charge is 0.399 e. The Morgan fingerprint density at radius 1 is 1.00 bits per heavy atom. The minimum absolute atomic E-state index is 0.417. The number of anilines is 1. The molecule has 0 radical (unpaired) electrons. The fourth-order valence-electron chi connectivity index (χ4n) is 2.12. The maximum Gasteiger partial charge on any atom is 0.133 e. The van der Waals surface area contributed by atoms with Crippen molar-refractivity contribution in [3.8, 4) is 16.9 Å². The quantitative estimate of drug-likeness (QED) is 0.737. The van der Waals surface area contributed by atoms with Gasteiger partial charge < -0.3 is 5.73 Å². The second kappa shape index (κ2) is 5.17. The molecule has 0 saturated carbocycles. The Morgan fingerprint density at radius 2 is 1.70 bits per heavy atom. The number of nitrogens with zero attached hydrogens (tertiary/aromatic N) is 2. The molecule has 4 heteroatoms. The van der Waals surface area contributed by atoms with Crippen LogP contribution in [0.5, 0.6) is 0 Å². The van der Waals surface area contributed by atoms with E-state index in [2.05, 4.69) is 5.10 Å². The summed E-state index contributed by atoms with van der Waals surface area (Å²) < 4.78 is 14.7. The van der Waals surface area contributed by atoms with Crippen LogP contribution in [0.2, 0.25) is 0 Å². The minimum atomic E-state index is -0.582. The van der Waals surface area contributed by atoms with E-state index in [4.69, 9.17) is 5.73 Å². The van der Waals surface area contributed by atoms with Crippen LogP contribution in [0.15, 0.2) is 60.7 Å². The van der Waals surface area contributed by atoms with Crippen molar-refractivity contribution in [2.24, 2.45) is 0 Å². The topological polar surface area (TPSA) is 43.8 Å². The summed E-state index contributed by atoms with van der Waals surface area (Å²) in [6.07, 6.45) is 0. The van der Waals surface area contributed by atoms with Gasteiger partial charge in [-0.2, -0.15) is 5.10 Å². The molecule has 100 valence electrons. The van der Waals surface area contributed by atoms with Crippen LogP contribution in [0.25, 0.3) is 16.9 Å². The number of benzene rings is 2. The molecule has 0 aliphatic carbocycles. The molecule has 20 heavy (non-hydrogen) atoms. The molecular weight excluding hydrogens is 253 g/mol. The van der Waals surface area contributed by atoms with Crippen molar-refractivity contribution in [1.29, 1.82) is 0 Å². The average Bonchev–Trinajstić information content (AvgIpc) is 2.93. The first-order valence-electron chi connectivity index (χ1n) is 6.34. The average molecular weight is 267 g/mol. The Hall–Kier alpha value is -2.62. The van der Waals surface area contributed by atoms with Crippen LogP contribution in [-0.2, 0) is 6.67 Å². The summed E-state index contributed by atoms with van der Waals surface area (Å²) in [6.45, 7) is -0.582. The molecule has 3 rings (SSSR count). The second-order valence-electron chi connectivity index (χ2n) is 4.52. The Balaban J connectivity index is 2.15. The number of alkyl halides is 1. The lowest BCUT2D eigenvalue weighted by Gasteiger charge is -2.07. The van der Waals surface area contributed by atoms with Gasteiger partial charge in [0.1, 0.15) is 6.67 Å². The smallest absolute Gasteiger partial charge is 0.133 e. The van der Waals surface area contributed by atoms with Crippen molar-refractivity contribution in [1.82, 2.24) is 9.78 Å². The monoisotopic (exact) mass is 267 g/mol. The summed E-state index contributed by atoms with van der Waals surface area (Å²) in [7, 11) is 0. The first-order valence-corrected chi connectivity index (χ1v) is 6.34. The van der Waals surface area contributed by atoms with Crippen molar-refractivity contribution < 1.29 is 4.39 Å². The molecule has 1 aromatic heterocycles. The summed E-state index contributed by atoms with van der Waals surface area (Å²) in [5.41, 5.74) is 9.52. The summed E-state index contributed by atoms with van der Waals surface area (Å²) >= 11 is 0. The Bertz CT molecular complexity index is 702. The number of nitrogens with two attached hydrogens (primary N) is 1. The van der Waals surface area contributed by atoms with Crippen molar-refractivity contribution in [3.63, 3.8) is 0 Å². The van der Waals surface area contributed by atoms with Crippen LogP contribution < -0.4 is 5.73 Å². The lowest BCUT2D eigenvalue weighted by molar-refractivity contribution is 0.473. The van der Waals surface area contributed by atoms with Crippen LogP contribution in [-0.4, -0.2) is 9.78 Å². The zero-order valence-electron chi connectivity index (χ0n) is 10.8. The number of nitrogen functional groups attached to an aromatic ring is 1. The second-order valence-corrected chi connectivity index (χ2v) is 4.52. The third-order valence-electron chi connectivity index (χ3n) is 3.10. The SMILES string of the molecule is Nc1ccc(-n2nc(CF)cc2-c2ccccc2)cc1. The molecule has 2 aromatic carbocycles. The Kier molecular flexibility index (Phi) is 3.21. The van der Waals surface area contributed by atoms with Gasteiger partial charge in [-0.05, 0) is 30.3 Å². The predicted octanol–water partition coefficient (Wildman–Crippen LogP) is 3.59. The lowest BCUT2D eigenvalue weighted by Crippen LogP contribution is -1.99. The fourth-order valence-corrected chi connectivity index (χ4v) is 2.12. The zero-order valence-corrected chi connectivity index (χ0v) is 10.8. The first-order chi connectivity index (χ1) is 9.78. The molecule has 0 aliphatic heterocycles. The van der Waals surface area contributed by atoms with Crippen LogP contribution >= 0.6 is 0 Å². The van der Waals surface area contributed by atoms with E-state index in [0.29, 0.717) is 11.4 Å². The van der Waals surface area contributed by atoms with Crippen molar-refractivity contribution in [2.45, 2.75) is 6.67 Å². The molecule has 2 N–H and O–H groups in total. The predicted molar refractivity (Wildman–Crippen MR) is 78.2 cm³/mol. The van der Waals surface area contributed by atoms with Crippen molar-refractivity contribution in [3.05, 3.63) is 66.4 Å². The Labute approximate surface area is 116 Å². The van der Waals surface area contributed by atoms with Gasteiger partial charge in [0.25, 0.3) is 0 Å². The maximum absolute atomic E-state index is 12.9. The summed E-state index contributed by atoms with van der Waals surface area (Å²) in [4.78, 5) is 0. The van der Waals surface area contributed by atoms with Gasteiger partial charge in [-0.15, -0.1) is 0 Å². The van der Waals surface area contributed by atoms with Crippen LogP contribution in [0, 0.1) is 0 Å². The molecule has 1 heterocycles. The molecule has 0 aliphatic rings. The van der Waals surface area contributed by atoms with Gasteiger partial charge in [0.05, 0.1) is 17.1 Å². The molecule has 3 nitrogen and oxygen atoms in total. The molecule has 0 atom stereocenters. The summed E-state index contributed by atoms with van der Waals surface area (Å²) in [5, 5.41) is 4.31. The van der Waals surface area contributed by atoms with Gasteiger partial charge in [-0.25, -0.2) is 9.07 Å². The lowest BCUT2D eigenvalue weighted by atomic mass is 10.1. The van der Waals surface area contributed by atoms with E-state index in [1.807, 2.05) is 42.5 Å². The van der Waals surface area contributed by atoms with E-state index >= 15 is 0 Å². The van der Waals surface area contributed by atoms with E-state index < -0.39 is 6.67 Å². The highest BCUT2D eigenvalue weighted by Crippen LogP contribution is 2.24. The van der Waals surface area contributed by atoms with Crippen LogP contribution in [0.4, 0.5) is 10.1 Å². The standard InChI is InChI=1S/C16H14FN3/c17-11-14-10-16(12-4-2-1-3-5-12)20(19-14)15-8-6-13(18)7-9-15/h1-10H,11,18H2. The van der Waals surface area contributed by atoms with Gasteiger partial charge in [0.15, 0.2) is 0 Å². The van der Waals surface area contributed by atoms with Gasteiger partial charge >= 0.3 is 0 Å². The molecule has 0 bridgehead atoms. The van der Waals surface area contributed by atoms with Gasteiger partial charge in [-0.3, -0.25) is 0 Å². The summed E-state index contributed by atoms with van der Waals surface area (Å²) in [5.74, 6) is 0. The normalized spacial score (nSPS) is 10.7. The van der Waals surface area contributed by atoms with Crippen molar-refractivity contribution in [2.75, 3.05) is 5.73 Å². The van der Waals surface area contributed by atoms with Crippen LogP contribution in [0.3, 0.4) is 0 Å². The third-order valence-corrected chi connectivity index (χ3v) is 3.10. The number of hydrogen-bond acceptors (Lipinski definition) is 2.